The maximum absolute atomic E-state index is 8.98. The van der Waals surface area contributed by atoms with Gasteiger partial charge in [0.05, 0.1) is 5.69 Å². The van der Waals surface area contributed by atoms with Crippen LogP contribution in [0.1, 0.15) is 24.1 Å². The summed E-state index contributed by atoms with van der Waals surface area (Å²) in [5.74, 6) is 2.03. The lowest BCUT2D eigenvalue weighted by atomic mass is 10.3. The molecule has 0 aliphatic heterocycles. The molecule has 110 valence electrons. The molecular weight excluding hydrogens is 278 g/mol. The van der Waals surface area contributed by atoms with Gasteiger partial charge in [-0.15, -0.1) is 0 Å². The summed E-state index contributed by atoms with van der Waals surface area (Å²) < 4.78 is 1.89. The van der Waals surface area contributed by atoms with Crippen LogP contribution in [-0.2, 0) is 12.8 Å². The van der Waals surface area contributed by atoms with Crippen LogP contribution in [0.5, 0.6) is 0 Å². The summed E-state index contributed by atoms with van der Waals surface area (Å²) in [6.45, 7) is 2.64. The Morgan fingerprint density at radius 3 is 3.00 bits per heavy atom. The van der Waals surface area contributed by atoms with Gasteiger partial charge in [-0.2, -0.15) is 5.26 Å². The third-order valence-electron chi connectivity index (χ3n) is 3.18. The molecule has 0 aliphatic carbocycles. The second-order valence-corrected chi connectivity index (χ2v) is 4.76. The van der Waals surface area contributed by atoms with Gasteiger partial charge < -0.3 is 5.32 Å². The van der Waals surface area contributed by atoms with Gasteiger partial charge in [-0.05, 0) is 6.07 Å². The van der Waals surface area contributed by atoms with Gasteiger partial charge in [-0.25, -0.2) is 19.9 Å². The minimum atomic E-state index is 0.381. The molecule has 3 aromatic heterocycles. The highest BCUT2D eigenvalue weighted by Gasteiger charge is 2.04. The molecule has 0 radical (unpaired) electrons. The van der Waals surface area contributed by atoms with Crippen molar-refractivity contribution in [2.75, 3.05) is 11.9 Å². The average molecular weight is 293 g/mol. The van der Waals surface area contributed by atoms with E-state index in [1.165, 1.54) is 0 Å². The first-order valence-electron chi connectivity index (χ1n) is 7.09. The molecule has 0 aliphatic rings. The van der Waals surface area contributed by atoms with E-state index in [1.54, 1.807) is 12.3 Å². The Kier molecular flexibility index (Phi) is 3.92. The molecule has 3 heterocycles. The molecule has 1 N–H and O–H groups in total. The number of hydrogen-bond donors (Lipinski definition) is 1. The number of aromatic nitrogens is 5. The van der Waals surface area contributed by atoms with Crippen LogP contribution in [0.15, 0.2) is 30.7 Å². The first-order chi connectivity index (χ1) is 10.8. The third kappa shape index (κ3) is 3.01. The minimum Gasteiger partial charge on any atom is -0.370 e. The molecule has 0 saturated heterocycles. The Morgan fingerprint density at radius 1 is 1.32 bits per heavy atom. The Balaban J connectivity index is 1.66. The van der Waals surface area contributed by atoms with Crippen molar-refractivity contribution in [3.8, 4) is 6.07 Å². The van der Waals surface area contributed by atoms with E-state index in [4.69, 9.17) is 5.26 Å². The van der Waals surface area contributed by atoms with Crippen molar-refractivity contribution in [2.24, 2.45) is 0 Å². The molecule has 3 aromatic rings. The zero-order valence-corrected chi connectivity index (χ0v) is 12.2. The molecule has 0 unspecified atom stereocenters. The zero-order chi connectivity index (χ0) is 15.4. The maximum atomic E-state index is 8.98. The molecule has 7 nitrogen and oxygen atoms in total. The van der Waals surface area contributed by atoms with Gasteiger partial charge in [0.1, 0.15) is 23.4 Å². The number of imidazole rings is 1. The molecule has 0 saturated carbocycles. The molecule has 7 heteroatoms. The van der Waals surface area contributed by atoms with Gasteiger partial charge in [0.15, 0.2) is 0 Å². The number of aryl methyl sites for hydroxylation is 1. The summed E-state index contributed by atoms with van der Waals surface area (Å²) in [5.41, 5.74) is 1.34. The summed E-state index contributed by atoms with van der Waals surface area (Å²) in [6, 6.07) is 5.58. The van der Waals surface area contributed by atoms with Crippen LogP contribution in [0.2, 0.25) is 0 Å². The first kappa shape index (κ1) is 13.9. The molecule has 22 heavy (non-hydrogen) atoms. The van der Waals surface area contributed by atoms with Gasteiger partial charge >= 0.3 is 0 Å². The van der Waals surface area contributed by atoms with Crippen molar-refractivity contribution < 1.29 is 0 Å². The number of nitrogens with one attached hydrogen (secondary N) is 1. The van der Waals surface area contributed by atoms with Crippen molar-refractivity contribution in [2.45, 2.75) is 19.8 Å². The van der Waals surface area contributed by atoms with Crippen molar-refractivity contribution in [3.63, 3.8) is 0 Å². The highest BCUT2D eigenvalue weighted by molar-refractivity contribution is 5.40. The number of nitrogens with zero attached hydrogens (tertiary/aromatic N) is 6. The Bertz CT molecular complexity index is 798. The monoisotopic (exact) mass is 293 g/mol. The highest BCUT2D eigenvalue weighted by Crippen LogP contribution is 2.08. The Hall–Kier alpha value is -3.01. The summed E-state index contributed by atoms with van der Waals surface area (Å²) in [7, 11) is 0. The van der Waals surface area contributed by atoms with E-state index in [0.29, 0.717) is 36.1 Å². The third-order valence-corrected chi connectivity index (χ3v) is 3.18. The summed E-state index contributed by atoms with van der Waals surface area (Å²) in [5, 5.41) is 12.2. The quantitative estimate of drug-likeness (QED) is 0.768. The molecular formula is C15H15N7. The zero-order valence-electron chi connectivity index (χ0n) is 12.2. The molecule has 0 amide bonds. The van der Waals surface area contributed by atoms with E-state index in [2.05, 4.69) is 31.3 Å². The molecule has 0 bridgehead atoms. The molecule has 3 rings (SSSR count). The van der Waals surface area contributed by atoms with E-state index in [-0.39, 0.29) is 0 Å². The smallest absolute Gasteiger partial charge is 0.233 e. The Morgan fingerprint density at radius 2 is 2.23 bits per heavy atom. The second-order valence-electron chi connectivity index (χ2n) is 4.76. The van der Waals surface area contributed by atoms with Crippen LogP contribution in [0.4, 0.5) is 5.82 Å². The predicted octanol–water partition coefficient (Wildman–Crippen LogP) is 1.61. The molecule has 0 atom stereocenters. The van der Waals surface area contributed by atoms with Crippen LogP contribution in [-0.4, -0.2) is 30.9 Å². The van der Waals surface area contributed by atoms with Crippen LogP contribution >= 0.6 is 0 Å². The number of nitriles is 1. The highest BCUT2D eigenvalue weighted by atomic mass is 15.1. The topological polar surface area (TPSA) is 91.8 Å². The predicted molar refractivity (Wildman–Crippen MR) is 81.3 cm³/mol. The van der Waals surface area contributed by atoms with Crippen LogP contribution in [0.25, 0.3) is 5.78 Å². The van der Waals surface area contributed by atoms with E-state index in [9.17, 15) is 0 Å². The lowest BCUT2D eigenvalue weighted by Gasteiger charge is -2.06. The first-order valence-corrected chi connectivity index (χ1v) is 7.09. The number of rotatable bonds is 5. The molecule has 0 spiro atoms. The number of anilines is 1. The SMILES string of the molecule is CCc1nc(C#N)cc(NCCc2cn3cccnc3n2)n1. The van der Waals surface area contributed by atoms with Crippen LogP contribution in [0.3, 0.4) is 0 Å². The lowest BCUT2D eigenvalue weighted by Crippen LogP contribution is -2.09. The number of hydrogen-bond acceptors (Lipinski definition) is 6. The summed E-state index contributed by atoms with van der Waals surface area (Å²) in [6.07, 6.45) is 7.05. The van der Waals surface area contributed by atoms with Crippen molar-refractivity contribution in [3.05, 3.63) is 47.9 Å². The largest absolute Gasteiger partial charge is 0.370 e. The fraction of sp³-hybridized carbons (Fsp3) is 0.267. The summed E-state index contributed by atoms with van der Waals surface area (Å²) in [4.78, 5) is 17.1. The summed E-state index contributed by atoms with van der Waals surface area (Å²) >= 11 is 0. The van der Waals surface area contributed by atoms with E-state index in [0.717, 1.165) is 12.1 Å². The average Bonchev–Trinajstić information content (AvgIpc) is 2.97. The standard InChI is InChI=1S/C15H15N7/c1-2-13-19-12(9-16)8-14(21-13)17-6-4-11-10-22-7-3-5-18-15(22)20-11/h3,5,7-8,10H,2,4,6H2,1H3,(H,17,19,21). The normalized spacial score (nSPS) is 10.5. The fourth-order valence-corrected chi connectivity index (χ4v) is 2.12. The van der Waals surface area contributed by atoms with E-state index in [1.807, 2.05) is 29.8 Å². The van der Waals surface area contributed by atoms with Crippen molar-refractivity contribution in [1.82, 2.24) is 24.3 Å². The molecule has 0 aromatic carbocycles. The van der Waals surface area contributed by atoms with Crippen LogP contribution in [0, 0.1) is 11.3 Å². The minimum absolute atomic E-state index is 0.381. The van der Waals surface area contributed by atoms with E-state index < -0.39 is 0 Å². The van der Waals surface area contributed by atoms with Crippen molar-refractivity contribution >= 4 is 11.6 Å². The van der Waals surface area contributed by atoms with E-state index >= 15 is 0 Å². The number of fused-ring (bicyclic) bond motifs is 1. The van der Waals surface area contributed by atoms with Crippen molar-refractivity contribution in [1.29, 1.82) is 5.26 Å². The fourth-order valence-electron chi connectivity index (χ4n) is 2.12. The van der Waals surface area contributed by atoms with Gasteiger partial charge in [0.2, 0.25) is 5.78 Å². The second kappa shape index (κ2) is 6.18. The van der Waals surface area contributed by atoms with Gasteiger partial charge in [0, 0.05) is 44.0 Å². The maximum Gasteiger partial charge on any atom is 0.233 e. The van der Waals surface area contributed by atoms with Gasteiger partial charge in [-0.3, -0.25) is 4.40 Å². The molecule has 0 fully saturated rings. The van der Waals surface area contributed by atoms with Gasteiger partial charge in [-0.1, -0.05) is 6.92 Å². The van der Waals surface area contributed by atoms with Crippen LogP contribution < -0.4 is 5.32 Å². The van der Waals surface area contributed by atoms with Gasteiger partial charge in [0.25, 0.3) is 0 Å². The Labute approximate surface area is 127 Å². The lowest BCUT2D eigenvalue weighted by molar-refractivity contribution is 0.912.